The van der Waals surface area contributed by atoms with Crippen molar-refractivity contribution < 1.29 is 9.90 Å². The van der Waals surface area contributed by atoms with Crippen molar-refractivity contribution in [2.75, 3.05) is 0 Å². The summed E-state index contributed by atoms with van der Waals surface area (Å²) in [4.78, 5) is 12.3. The van der Waals surface area contributed by atoms with E-state index in [9.17, 15) is 4.79 Å². The van der Waals surface area contributed by atoms with Gasteiger partial charge in [-0.3, -0.25) is 4.79 Å². The Kier molecular flexibility index (Phi) is 6.13. The second-order valence-corrected chi connectivity index (χ2v) is 6.76. The average molecular weight is 367 g/mol. The Bertz CT molecular complexity index is 838. The Morgan fingerprint density at radius 3 is 2.04 bits per heavy atom. The molecule has 0 spiro atoms. The predicted molar refractivity (Wildman–Crippen MR) is 106 cm³/mol. The van der Waals surface area contributed by atoms with Crippen LogP contribution in [0.2, 0.25) is 0 Å². The zero-order chi connectivity index (χ0) is 18.4. The van der Waals surface area contributed by atoms with Gasteiger partial charge < -0.3 is 5.11 Å². The summed E-state index contributed by atoms with van der Waals surface area (Å²) < 4.78 is 0. The van der Waals surface area contributed by atoms with Crippen LogP contribution in [0.3, 0.4) is 0 Å². The number of nitriles is 1. The zero-order valence-corrected chi connectivity index (χ0v) is 15.4. The van der Waals surface area contributed by atoms with Gasteiger partial charge in [-0.15, -0.1) is 0 Å². The van der Waals surface area contributed by atoms with E-state index in [0.717, 1.165) is 11.1 Å². The largest absolute Gasteiger partial charge is 0.481 e. The third-order valence-corrected chi connectivity index (χ3v) is 5.53. The van der Waals surface area contributed by atoms with E-state index in [1.807, 2.05) is 37.3 Å². The standard InChI is InChI=1S/C20H17NO2S2/c1-20(12-11-17(22)23,18(24)15-5-3-2-4-6-15)19(25)16-9-7-14(13-21)8-10-16/h2-10H,11-12H2,1H3,(H,22,23). The van der Waals surface area contributed by atoms with Crippen LogP contribution in [-0.4, -0.2) is 20.8 Å². The Labute approximate surface area is 157 Å². The lowest BCUT2D eigenvalue weighted by Gasteiger charge is -2.31. The Balaban J connectivity index is 2.43. The molecule has 0 heterocycles. The SMILES string of the molecule is CC(CCC(=O)O)(C(=S)c1ccccc1)C(=S)c1ccc(C#N)cc1. The van der Waals surface area contributed by atoms with Crippen LogP contribution in [0.15, 0.2) is 54.6 Å². The molecular weight excluding hydrogens is 350 g/mol. The van der Waals surface area contributed by atoms with Crippen molar-refractivity contribution in [1.82, 2.24) is 0 Å². The number of carboxylic acids is 1. The van der Waals surface area contributed by atoms with Crippen LogP contribution in [0.25, 0.3) is 0 Å². The van der Waals surface area contributed by atoms with Gasteiger partial charge in [-0.1, -0.05) is 66.9 Å². The zero-order valence-electron chi connectivity index (χ0n) is 13.7. The molecule has 0 aromatic heterocycles. The van der Waals surface area contributed by atoms with Crippen LogP contribution in [-0.2, 0) is 4.79 Å². The van der Waals surface area contributed by atoms with Gasteiger partial charge in [-0.05, 0) is 36.6 Å². The van der Waals surface area contributed by atoms with Gasteiger partial charge in [-0.25, -0.2) is 0 Å². The second-order valence-electron chi connectivity index (χ2n) is 5.94. The molecule has 1 N–H and O–H groups in total. The number of benzene rings is 2. The molecule has 25 heavy (non-hydrogen) atoms. The molecule has 2 aromatic rings. The maximum absolute atomic E-state index is 11.1. The van der Waals surface area contributed by atoms with Gasteiger partial charge in [0.25, 0.3) is 0 Å². The molecule has 0 saturated heterocycles. The number of hydrogen-bond acceptors (Lipinski definition) is 4. The second kappa shape index (κ2) is 8.11. The molecule has 2 aromatic carbocycles. The van der Waals surface area contributed by atoms with Crippen molar-refractivity contribution in [2.24, 2.45) is 5.41 Å². The van der Waals surface area contributed by atoms with Crippen molar-refractivity contribution in [3.05, 3.63) is 71.3 Å². The van der Waals surface area contributed by atoms with E-state index >= 15 is 0 Å². The fraction of sp³-hybridized carbons (Fsp3) is 0.200. The summed E-state index contributed by atoms with van der Waals surface area (Å²) in [7, 11) is 0. The highest BCUT2D eigenvalue weighted by atomic mass is 32.1. The summed E-state index contributed by atoms with van der Waals surface area (Å²) in [5.41, 5.74) is 1.43. The molecule has 0 radical (unpaired) electrons. The van der Waals surface area contributed by atoms with Gasteiger partial charge in [-0.2, -0.15) is 5.26 Å². The first-order valence-corrected chi connectivity index (χ1v) is 8.57. The first-order valence-electron chi connectivity index (χ1n) is 7.75. The maximum atomic E-state index is 11.1. The first kappa shape index (κ1) is 18.9. The molecule has 2 rings (SSSR count). The molecule has 0 aliphatic heterocycles. The monoisotopic (exact) mass is 367 g/mol. The third kappa shape index (κ3) is 4.36. The molecule has 0 aliphatic rings. The summed E-state index contributed by atoms with van der Waals surface area (Å²) >= 11 is 11.4. The molecular formula is C20H17NO2S2. The number of aliphatic carboxylic acids is 1. The maximum Gasteiger partial charge on any atom is 0.303 e. The summed E-state index contributed by atoms with van der Waals surface area (Å²) in [6.45, 7) is 1.89. The molecule has 0 amide bonds. The van der Waals surface area contributed by atoms with Crippen LogP contribution in [0, 0.1) is 16.7 Å². The number of thiocarbonyl (C=S) groups is 2. The van der Waals surface area contributed by atoms with Crippen LogP contribution in [0.4, 0.5) is 0 Å². The fourth-order valence-electron chi connectivity index (χ4n) is 2.61. The summed E-state index contributed by atoms with van der Waals surface area (Å²) in [5, 5.41) is 18.1. The quantitative estimate of drug-likeness (QED) is 0.574. The van der Waals surface area contributed by atoms with E-state index in [0.29, 0.717) is 21.7 Å². The van der Waals surface area contributed by atoms with E-state index in [2.05, 4.69) is 6.07 Å². The molecule has 0 aliphatic carbocycles. The van der Waals surface area contributed by atoms with Gasteiger partial charge >= 0.3 is 5.97 Å². The lowest BCUT2D eigenvalue weighted by Crippen LogP contribution is -2.36. The molecule has 0 fully saturated rings. The van der Waals surface area contributed by atoms with Crippen LogP contribution in [0.5, 0.6) is 0 Å². The van der Waals surface area contributed by atoms with Crippen LogP contribution >= 0.6 is 24.4 Å². The van der Waals surface area contributed by atoms with Crippen molar-refractivity contribution in [2.45, 2.75) is 19.8 Å². The van der Waals surface area contributed by atoms with E-state index in [1.54, 1.807) is 24.3 Å². The van der Waals surface area contributed by atoms with Crippen molar-refractivity contribution in [3.63, 3.8) is 0 Å². The van der Waals surface area contributed by atoms with E-state index in [-0.39, 0.29) is 6.42 Å². The number of nitrogens with zero attached hydrogens (tertiary/aromatic N) is 1. The topological polar surface area (TPSA) is 61.1 Å². The lowest BCUT2D eigenvalue weighted by atomic mass is 9.74. The molecule has 0 saturated carbocycles. The molecule has 1 unspecified atom stereocenters. The predicted octanol–water partition coefficient (Wildman–Crippen LogP) is 4.57. The van der Waals surface area contributed by atoms with E-state index in [1.165, 1.54) is 0 Å². The number of rotatable bonds is 7. The average Bonchev–Trinajstić information content (AvgIpc) is 2.65. The minimum Gasteiger partial charge on any atom is -0.481 e. The van der Waals surface area contributed by atoms with Gasteiger partial charge in [0, 0.05) is 21.6 Å². The van der Waals surface area contributed by atoms with Crippen molar-refractivity contribution in [1.29, 1.82) is 5.26 Å². The highest BCUT2D eigenvalue weighted by Gasteiger charge is 2.35. The van der Waals surface area contributed by atoms with Crippen LogP contribution in [0.1, 0.15) is 36.5 Å². The van der Waals surface area contributed by atoms with Gasteiger partial charge in [0.05, 0.1) is 11.6 Å². The number of carboxylic acid groups (broad SMARTS) is 1. The normalized spacial score (nSPS) is 12.6. The van der Waals surface area contributed by atoms with Gasteiger partial charge in [0.1, 0.15) is 0 Å². The molecule has 3 nitrogen and oxygen atoms in total. The van der Waals surface area contributed by atoms with Crippen LogP contribution < -0.4 is 0 Å². The smallest absolute Gasteiger partial charge is 0.303 e. The lowest BCUT2D eigenvalue weighted by molar-refractivity contribution is -0.137. The molecule has 126 valence electrons. The van der Waals surface area contributed by atoms with E-state index < -0.39 is 11.4 Å². The number of carbonyl (C=O) groups is 1. The summed E-state index contributed by atoms with van der Waals surface area (Å²) in [6, 6.07) is 18.5. The Morgan fingerprint density at radius 1 is 1.04 bits per heavy atom. The van der Waals surface area contributed by atoms with E-state index in [4.69, 9.17) is 34.8 Å². The molecule has 0 bridgehead atoms. The highest BCUT2D eigenvalue weighted by Crippen LogP contribution is 2.34. The number of hydrogen-bond donors (Lipinski definition) is 1. The minimum absolute atomic E-state index is 0.0279. The third-order valence-electron chi connectivity index (χ3n) is 4.15. The highest BCUT2D eigenvalue weighted by molar-refractivity contribution is 7.82. The van der Waals surface area contributed by atoms with Gasteiger partial charge in [0.15, 0.2) is 0 Å². The van der Waals surface area contributed by atoms with Gasteiger partial charge in [0.2, 0.25) is 0 Å². The summed E-state index contributed by atoms with van der Waals surface area (Å²) in [5.74, 6) is -0.885. The fourth-order valence-corrected chi connectivity index (χ4v) is 3.35. The minimum atomic E-state index is -0.885. The van der Waals surface area contributed by atoms with Crippen molar-refractivity contribution >= 4 is 40.1 Å². The molecule has 1 atom stereocenters. The van der Waals surface area contributed by atoms with Crippen molar-refractivity contribution in [3.8, 4) is 6.07 Å². The summed E-state index contributed by atoms with van der Waals surface area (Å²) in [6.07, 6.45) is 0.286. The Morgan fingerprint density at radius 2 is 1.56 bits per heavy atom. The Hall–Kier alpha value is -2.42. The molecule has 5 heteroatoms. The first-order chi connectivity index (χ1) is 11.9.